The molecule has 4 nitrogen and oxygen atoms in total. The Kier molecular flexibility index (Phi) is 2.78. The summed E-state index contributed by atoms with van der Waals surface area (Å²) in [5.74, 6) is 1.20. The van der Waals surface area contributed by atoms with Gasteiger partial charge in [-0.15, -0.1) is 21.5 Å². The quantitative estimate of drug-likeness (QED) is 0.894. The van der Waals surface area contributed by atoms with Crippen molar-refractivity contribution in [3.63, 3.8) is 0 Å². The summed E-state index contributed by atoms with van der Waals surface area (Å²) in [4.78, 5) is 0. The van der Waals surface area contributed by atoms with Gasteiger partial charge in [-0.05, 0) is 12.6 Å². The summed E-state index contributed by atoms with van der Waals surface area (Å²) < 4.78 is 5.65. The van der Waals surface area contributed by atoms with Gasteiger partial charge in [0.05, 0.1) is 5.92 Å². The number of hydrogen-bond acceptors (Lipinski definition) is 5. The molecule has 1 atom stereocenters. The van der Waals surface area contributed by atoms with Crippen LogP contribution in [0.15, 0.2) is 24.3 Å². The Bertz CT molecular complexity index is 526. The van der Waals surface area contributed by atoms with Crippen LogP contribution in [0.5, 0.6) is 5.75 Å². The number of aromatic nitrogens is 2. The van der Waals surface area contributed by atoms with E-state index in [2.05, 4.69) is 16.3 Å². The van der Waals surface area contributed by atoms with Crippen molar-refractivity contribution in [2.45, 2.75) is 12.3 Å². The third-order valence-electron chi connectivity index (χ3n) is 2.84. The highest BCUT2D eigenvalue weighted by Gasteiger charge is 2.28. The SMILES string of the molecule is NCCc1nnc(C2COc3ccccc32)s1. The van der Waals surface area contributed by atoms with Gasteiger partial charge < -0.3 is 10.5 Å². The smallest absolute Gasteiger partial charge is 0.128 e. The summed E-state index contributed by atoms with van der Waals surface area (Å²) in [7, 11) is 0. The normalized spacial score (nSPS) is 17.8. The molecular formula is C12H13N3OS. The Labute approximate surface area is 103 Å². The lowest BCUT2D eigenvalue weighted by Crippen LogP contribution is -2.01. The number of nitrogens with zero attached hydrogens (tertiary/aromatic N) is 2. The fourth-order valence-electron chi connectivity index (χ4n) is 2.00. The Hall–Kier alpha value is -1.46. The van der Waals surface area contributed by atoms with Crippen LogP contribution in [0.25, 0.3) is 0 Å². The lowest BCUT2D eigenvalue weighted by atomic mass is 10.0. The number of rotatable bonds is 3. The summed E-state index contributed by atoms with van der Waals surface area (Å²) >= 11 is 1.64. The molecule has 17 heavy (non-hydrogen) atoms. The van der Waals surface area contributed by atoms with Crippen molar-refractivity contribution in [3.8, 4) is 5.75 Å². The Morgan fingerprint density at radius 2 is 2.24 bits per heavy atom. The number of ether oxygens (including phenoxy) is 1. The molecule has 1 aliphatic rings. The predicted molar refractivity (Wildman–Crippen MR) is 66.4 cm³/mol. The average Bonchev–Trinajstić information content (AvgIpc) is 2.95. The van der Waals surface area contributed by atoms with Crippen LogP contribution in [-0.4, -0.2) is 23.3 Å². The van der Waals surface area contributed by atoms with Crippen LogP contribution in [0.3, 0.4) is 0 Å². The van der Waals surface area contributed by atoms with Crippen molar-refractivity contribution in [1.82, 2.24) is 10.2 Å². The summed E-state index contributed by atoms with van der Waals surface area (Å²) in [5.41, 5.74) is 6.73. The summed E-state index contributed by atoms with van der Waals surface area (Å²) in [6, 6.07) is 8.11. The van der Waals surface area contributed by atoms with E-state index in [1.54, 1.807) is 11.3 Å². The average molecular weight is 247 g/mol. The lowest BCUT2D eigenvalue weighted by Gasteiger charge is -2.02. The van der Waals surface area contributed by atoms with Gasteiger partial charge in [0.1, 0.15) is 22.4 Å². The maximum Gasteiger partial charge on any atom is 0.128 e. The first-order valence-electron chi connectivity index (χ1n) is 5.62. The number of nitrogens with two attached hydrogens (primary N) is 1. The Balaban J connectivity index is 1.90. The minimum Gasteiger partial charge on any atom is -0.492 e. The fourth-order valence-corrected chi connectivity index (χ4v) is 2.96. The van der Waals surface area contributed by atoms with Crippen LogP contribution in [-0.2, 0) is 6.42 Å². The maximum atomic E-state index is 5.65. The molecular weight excluding hydrogens is 234 g/mol. The molecule has 2 aromatic rings. The second-order valence-corrected chi connectivity index (χ2v) is 5.07. The molecule has 2 heterocycles. The highest BCUT2D eigenvalue weighted by molar-refractivity contribution is 7.11. The first-order chi connectivity index (χ1) is 8.38. The molecule has 88 valence electrons. The van der Waals surface area contributed by atoms with Crippen molar-refractivity contribution in [3.05, 3.63) is 39.8 Å². The first-order valence-corrected chi connectivity index (χ1v) is 6.44. The number of para-hydroxylation sites is 1. The van der Waals surface area contributed by atoms with Crippen LogP contribution in [0, 0.1) is 0 Å². The topological polar surface area (TPSA) is 61.0 Å². The van der Waals surface area contributed by atoms with Gasteiger partial charge in [-0.3, -0.25) is 0 Å². The summed E-state index contributed by atoms with van der Waals surface area (Å²) in [5, 5.41) is 10.4. The molecule has 0 spiro atoms. The maximum absolute atomic E-state index is 5.65. The molecule has 0 saturated heterocycles. The van der Waals surface area contributed by atoms with Crippen LogP contribution in [0.1, 0.15) is 21.5 Å². The summed E-state index contributed by atoms with van der Waals surface area (Å²) in [6.45, 7) is 1.28. The zero-order chi connectivity index (χ0) is 11.7. The van der Waals surface area contributed by atoms with Gasteiger partial charge in [-0.25, -0.2) is 0 Å². The highest BCUT2D eigenvalue weighted by atomic mass is 32.1. The molecule has 0 amide bonds. The van der Waals surface area contributed by atoms with Crippen molar-refractivity contribution < 1.29 is 4.74 Å². The third-order valence-corrected chi connectivity index (χ3v) is 3.94. The zero-order valence-electron chi connectivity index (χ0n) is 9.30. The monoisotopic (exact) mass is 247 g/mol. The summed E-state index contributed by atoms with van der Waals surface area (Å²) in [6.07, 6.45) is 0.799. The molecule has 1 unspecified atom stereocenters. The molecule has 1 aromatic heterocycles. The van der Waals surface area contributed by atoms with E-state index >= 15 is 0 Å². The van der Waals surface area contributed by atoms with E-state index < -0.39 is 0 Å². The molecule has 1 aliphatic heterocycles. The van der Waals surface area contributed by atoms with Gasteiger partial charge in [0, 0.05) is 12.0 Å². The molecule has 3 rings (SSSR count). The highest BCUT2D eigenvalue weighted by Crippen LogP contribution is 2.38. The van der Waals surface area contributed by atoms with Crippen molar-refractivity contribution in [2.75, 3.05) is 13.2 Å². The molecule has 2 N–H and O–H groups in total. The van der Waals surface area contributed by atoms with Gasteiger partial charge in [0.15, 0.2) is 0 Å². The standard InChI is InChI=1S/C12H13N3OS/c13-6-5-11-14-15-12(17-11)9-7-16-10-4-2-1-3-8(9)10/h1-4,9H,5-7,13H2. The second-order valence-electron chi connectivity index (χ2n) is 3.97. The van der Waals surface area contributed by atoms with Crippen LogP contribution < -0.4 is 10.5 Å². The Morgan fingerprint density at radius 1 is 1.35 bits per heavy atom. The zero-order valence-corrected chi connectivity index (χ0v) is 10.1. The van der Waals surface area contributed by atoms with E-state index in [9.17, 15) is 0 Å². The van der Waals surface area contributed by atoms with Crippen molar-refractivity contribution in [2.24, 2.45) is 5.73 Å². The fraction of sp³-hybridized carbons (Fsp3) is 0.333. The van der Waals surface area contributed by atoms with Crippen LogP contribution in [0.4, 0.5) is 0 Å². The third kappa shape index (κ3) is 1.92. The van der Waals surface area contributed by atoms with E-state index in [1.807, 2.05) is 18.2 Å². The van der Waals surface area contributed by atoms with Crippen molar-refractivity contribution >= 4 is 11.3 Å². The van der Waals surface area contributed by atoms with E-state index in [4.69, 9.17) is 10.5 Å². The minimum absolute atomic E-state index is 0.232. The minimum atomic E-state index is 0.232. The predicted octanol–water partition coefficient (Wildman–Crippen LogP) is 1.56. The van der Waals surface area contributed by atoms with E-state index in [0.29, 0.717) is 13.2 Å². The number of hydrogen-bond donors (Lipinski definition) is 1. The van der Waals surface area contributed by atoms with Gasteiger partial charge in [0.25, 0.3) is 0 Å². The number of fused-ring (bicyclic) bond motifs is 1. The van der Waals surface area contributed by atoms with Crippen LogP contribution >= 0.6 is 11.3 Å². The molecule has 0 bridgehead atoms. The van der Waals surface area contributed by atoms with Gasteiger partial charge >= 0.3 is 0 Å². The molecule has 0 radical (unpaired) electrons. The van der Waals surface area contributed by atoms with Gasteiger partial charge in [0.2, 0.25) is 0 Å². The molecule has 5 heteroatoms. The van der Waals surface area contributed by atoms with Crippen LogP contribution in [0.2, 0.25) is 0 Å². The molecule has 0 aliphatic carbocycles. The second kappa shape index (κ2) is 4.43. The lowest BCUT2D eigenvalue weighted by molar-refractivity contribution is 0.342. The molecule has 1 aromatic carbocycles. The Morgan fingerprint density at radius 3 is 3.12 bits per heavy atom. The van der Waals surface area contributed by atoms with Crippen molar-refractivity contribution in [1.29, 1.82) is 0 Å². The molecule has 0 fully saturated rings. The van der Waals surface area contributed by atoms with E-state index in [1.165, 1.54) is 5.56 Å². The molecule has 0 saturated carbocycles. The largest absolute Gasteiger partial charge is 0.492 e. The first kappa shape index (κ1) is 10.7. The van der Waals surface area contributed by atoms with Gasteiger partial charge in [-0.1, -0.05) is 18.2 Å². The number of benzene rings is 1. The van der Waals surface area contributed by atoms with E-state index in [0.717, 1.165) is 22.2 Å². The van der Waals surface area contributed by atoms with Gasteiger partial charge in [-0.2, -0.15) is 0 Å². The van der Waals surface area contributed by atoms with E-state index in [-0.39, 0.29) is 5.92 Å².